The lowest BCUT2D eigenvalue weighted by Gasteiger charge is -2.09. The number of pyridine rings is 2. The highest BCUT2D eigenvalue weighted by Gasteiger charge is 2.10. The number of fused-ring (bicyclic) bond motifs is 1. The first-order chi connectivity index (χ1) is 13.1. The van der Waals surface area contributed by atoms with E-state index in [4.69, 9.17) is 0 Å². The van der Waals surface area contributed by atoms with Crippen molar-refractivity contribution in [2.75, 3.05) is 5.32 Å². The van der Waals surface area contributed by atoms with E-state index in [1.165, 1.54) is 12.4 Å². The summed E-state index contributed by atoms with van der Waals surface area (Å²) < 4.78 is 28.9. The van der Waals surface area contributed by atoms with E-state index in [1.807, 2.05) is 0 Å². The van der Waals surface area contributed by atoms with Crippen LogP contribution >= 0.6 is 0 Å². The summed E-state index contributed by atoms with van der Waals surface area (Å²) in [4.78, 5) is 8.29. The van der Waals surface area contributed by atoms with Gasteiger partial charge in [-0.25, -0.2) is 13.8 Å². The maximum atomic E-state index is 13.9. The quantitative estimate of drug-likeness (QED) is 0.598. The van der Waals surface area contributed by atoms with E-state index in [-0.39, 0.29) is 12.1 Å². The second-order valence-electron chi connectivity index (χ2n) is 5.82. The van der Waals surface area contributed by atoms with Gasteiger partial charge in [0.1, 0.15) is 23.5 Å². The third-order valence-corrected chi connectivity index (χ3v) is 4.06. The number of nitrogens with one attached hydrogen (secondary N) is 1. The van der Waals surface area contributed by atoms with Gasteiger partial charge in [0, 0.05) is 29.4 Å². The van der Waals surface area contributed by atoms with Crippen molar-refractivity contribution in [1.82, 2.24) is 19.7 Å². The van der Waals surface area contributed by atoms with Crippen LogP contribution in [0.25, 0.3) is 10.9 Å². The van der Waals surface area contributed by atoms with E-state index in [0.29, 0.717) is 22.6 Å². The maximum Gasteiger partial charge on any atom is 0.132 e. The summed E-state index contributed by atoms with van der Waals surface area (Å²) in [6, 6.07) is 8.72. The number of benzene rings is 1. The summed E-state index contributed by atoms with van der Waals surface area (Å²) in [5, 5.41) is 17.2. The van der Waals surface area contributed by atoms with Gasteiger partial charge < -0.3 is 5.32 Å². The van der Waals surface area contributed by atoms with Crippen molar-refractivity contribution in [2.45, 2.75) is 6.54 Å². The van der Waals surface area contributed by atoms with Gasteiger partial charge in [-0.15, -0.1) is 0 Å². The van der Waals surface area contributed by atoms with Gasteiger partial charge in [-0.2, -0.15) is 10.4 Å². The number of anilines is 2. The van der Waals surface area contributed by atoms with Gasteiger partial charge in [0.15, 0.2) is 0 Å². The summed E-state index contributed by atoms with van der Waals surface area (Å²) in [6.45, 7) is 0.0763. The van der Waals surface area contributed by atoms with Crippen molar-refractivity contribution in [1.29, 1.82) is 5.26 Å². The predicted molar refractivity (Wildman–Crippen MR) is 95.2 cm³/mol. The smallest absolute Gasteiger partial charge is 0.132 e. The van der Waals surface area contributed by atoms with Crippen molar-refractivity contribution in [2.24, 2.45) is 0 Å². The average Bonchev–Trinajstić information content (AvgIpc) is 3.07. The molecule has 0 atom stereocenters. The van der Waals surface area contributed by atoms with Crippen LogP contribution in [-0.4, -0.2) is 19.7 Å². The topological polar surface area (TPSA) is 79.4 Å². The Hall–Kier alpha value is -3.86. The molecule has 0 aliphatic heterocycles. The molecule has 6 nitrogen and oxygen atoms in total. The van der Waals surface area contributed by atoms with Crippen LogP contribution < -0.4 is 5.32 Å². The average molecular weight is 362 g/mol. The van der Waals surface area contributed by atoms with E-state index in [1.54, 1.807) is 29.2 Å². The molecule has 0 saturated carbocycles. The number of halogens is 2. The summed E-state index contributed by atoms with van der Waals surface area (Å²) in [5.41, 5.74) is 1.85. The second kappa shape index (κ2) is 6.80. The monoisotopic (exact) mass is 362 g/mol. The number of hydrogen-bond donors (Lipinski definition) is 1. The molecule has 0 spiro atoms. The Morgan fingerprint density at radius 2 is 2.00 bits per heavy atom. The van der Waals surface area contributed by atoms with Gasteiger partial charge in [-0.3, -0.25) is 9.67 Å². The third-order valence-electron chi connectivity index (χ3n) is 4.06. The lowest BCUT2D eigenvalue weighted by atomic mass is 10.2. The van der Waals surface area contributed by atoms with E-state index in [2.05, 4.69) is 26.5 Å². The van der Waals surface area contributed by atoms with Crippen molar-refractivity contribution in [3.05, 3.63) is 77.9 Å². The van der Waals surface area contributed by atoms with Crippen LogP contribution in [0.3, 0.4) is 0 Å². The molecule has 3 heterocycles. The van der Waals surface area contributed by atoms with Crippen LogP contribution in [0.4, 0.5) is 20.3 Å². The first kappa shape index (κ1) is 16.6. The van der Waals surface area contributed by atoms with Crippen LogP contribution in [0.15, 0.2) is 55.1 Å². The van der Waals surface area contributed by atoms with Gasteiger partial charge in [0.25, 0.3) is 0 Å². The zero-order chi connectivity index (χ0) is 18.8. The number of rotatable bonds is 4. The Balaban J connectivity index is 1.69. The fourth-order valence-electron chi connectivity index (χ4n) is 2.72. The lowest BCUT2D eigenvalue weighted by Crippen LogP contribution is -2.04. The highest BCUT2D eigenvalue weighted by Crippen LogP contribution is 2.22. The first-order valence-corrected chi connectivity index (χ1v) is 8.00. The van der Waals surface area contributed by atoms with Gasteiger partial charge >= 0.3 is 0 Å². The van der Waals surface area contributed by atoms with E-state index < -0.39 is 11.6 Å². The molecule has 3 aromatic heterocycles. The number of aromatic nitrogens is 4. The van der Waals surface area contributed by atoms with Crippen molar-refractivity contribution in [3.63, 3.8) is 0 Å². The minimum atomic E-state index is -0.507. The number of nitrogens with zero attached hydrogens (tertiary/aromatic N) is 5. The molecule has 27 heavy (non-hydrogen) atoms. The van der Waals surface area contributed by atoms with Crippen LogP contribution in [0, 0.1) is 23.0 Å². The molecule has 4 rings (SSSR count). The summed E-state index contributed by atoms with van der Waals surface area (Å²) in [7, 11) is 0. The third kappa shape index (κ3) is 3.30. The minimum Gasteiger partial charge on any atom is -0.338 e. The molecule has 4 aromatic rings. The molecule has 0 radical (unpaired) electrons. The van der Waals surface area contributed by atoms with Gasteiger partial charge in [-0.05, 0) is 24.3 Å². The zero-order valence-electron chi connectivity index (χ0n) is 13.9. The molecule has 0 amide bonds. The van der Waals surface area contributed by atoms with Gasteiger partial charge in [-0.1, -0.05) is 0 Å². The Kier molecular flexibility index (Phi) is 4.18. The van der Waals surface area contributed by atoms with Crippen molar-refractivity contribution < 1.29 is 8.78 Å². The highest BCUT2D eigenvalue weighted by molar-refractivity contribution is 5.81. The molecule has 0 unspecified atom stereocenters. The van der Waals surface area contributed by atoms with Gasteiger partial charge in [0.2, 0.25) is 0 Å². The van der Waals surface area contributed by atoms with E-state index >= 15 is 0 Å². The molecule has 132 valence electrons. The Morgan fingerprint density at radius 1 is 1.11 bits per heavy atom. The minimum absolute atomic E-state index is 0.0763. The summed E-state index contributed by atoms with van der Waals surface area (Å²) in [5.74, 6) is -0.526. The molecule has 0 bridgehead atoms. The van der Waals surface area contributed by atoms with Crippen LogP contribution in [0.1, 0.15) is 11.1 Å². The Labute approximate surface area is 152 Å². The lowest BCUT2D eigenvalue weighted by molar-refractivity contribution is 0.570. The zero-order valence-corrected chi connectivity index (χ0v) is 13.9. The molecule has 0 aliphatic carbocycles. The Morgan fingerprint density at radius 3 is 2.85 bits per heavy atom. The number of nitriles is 1. The maximum absolute atomic E-state index is 13.9. The van der Waals surface area contributed by atoms with Gasteiger partial charge in [0.05, 0.1) is 35.7 Å². The molecule has 0 aliphatic rings. The SMILES string of the molecule is N#Cc1ccncc1Nc1cc2c(cn1)cnn2Cc1cc(F)ccc1F. The van der Waals surface area contributed by atoms with E-state index in [9.17, 15) is 14.0 Å². The standard InChI is InChI=1S/C19H12F2N6/c20-15-1-2-16(21)13(5-15)11-27-18-6-19(24-8-14(18)9-25-27)26-17-10-23-4-3-12(17)7-22/h1-6,8-10H,11H2,(H,24,26). The van der Waals surface area contributed by atoms with Crippen molar-refractivity contribution in [3.8, 4) is 6.07 Å². The highest BCUT2D eigenvalue weighted by atomic mass is 19.1. The molecule has 0 fully saturated rings. The molecule has 8 heteroatoms. The summed E-state index contributed by atoms with van der Waals surface area (Å²) >= 11 is 0. The van der Waals surface area contributed by atoms with Crippen LogP contribution in [0.5, 0.6) is 0 Å². The molecular formula is C19H12F2N6. The van der Waals surface area contributed by atoms with Crippen LogP contribution in [0.2, 0.25) is 0 Å². The Bertz CT molecular complexity index is 1180. The molecule has 1 aromatic carbocycles. The number of hydrogen-bond acceptors (Lipinski definition) is 5. The summed E-state index contributed by atoms with van der Waals surface area (Å²) in [6.07, 6.45) is 6.28. The predicted octanol–water partition coefficient (Wildman–Crippen LogP) is 3.77. The largest absolute Gasteiger partial charge is 0.338 e. The molecule has 0 saturated heterocycles. The first-order valence-electron chi connectivity index (χ1n) is 8.00. The second-order valence-corrected chi connectivity index (χ2v) is 5.82. The van der Waals surface area contributed by atoms with Crippen molar-refractivity contribution >= 4 is 22.4 Å². The van der Waals surface area contributed by atoms with Crippen LogP contribution in [-0.2, 0) is 6.54 Å². The van der Waals surface area contributed by atoms with E-state index in [0.717, 1.165) is 23.6 Å². The fourth-order valence-corrected chi connectivity index (χ4v) is 2.72. The molecule has 1 N–H and O–H groups in total. The normalized spacial score (nSPS) is 10.7. The fraction of sp³-hybridized carbons (Fsp3) is 0.0526. The molecular weight excluding hydrogens is 350 g/mol.